The fraction of sp³-hybridized carbons (Fsp3) is 0.261. The Hall–Kier alpha value is -3.32. The number of nitrogens with zero attached hydrogens (tertiary/aromatic N) is 6. The van der Waals surface area contributed by atoms with Crippen LogP contribution in [0, 0.1) is 6.92 Å². The monoisotopic (exact) mass is 434 g/mol. The Kier molecular flexibility index (Phi) is 5.11. The summed E-state index contributed by atoms with van der Waals surface area (Å²) in [5, 5.41) is 6.23. The topological polar surface area (TPSA) is 59.3 Å². The van der Waals surface area contributed by atoms with Crippen molar-refractivity contribution in [1.82, 2.24) is 19.7 Å². The molecule has 2 aromatic heterocycles. The van der Waals surface area contributed by atoms with E-state index in [-0.39, 0.29) is 0 Å². The summed E-state index contributed by atoms with van der Waals surface area (Å²) in [4.78, 5) is 13.8. The molecule has 1 aliphatic heterocycles. The second kappa shape index (κ2) is 8.07. The van der Waals surface area contributed by atoms with E-state index in [1.165, 1.54) is 5.69 Å². The number of fused-ring (bicyclic) bond motifs is 1. The fourth-order valence-corrected chi connectivity index (χ4v) is 4.21. The molecular formula is C23H23ClN6O. The van der Waals surface area contributed by atoms with E-state index in [2.05, 4.69) is 37.0 Å². The van der Waals surface area contributed by atoms with E-state index < -0.39 is 0 Å². The van der Waals surface area contributed by atoms with Gasteiger partial charge < -0.3 is 14.5 Å². The van der Waals surface area contributed by atoms with Gasteiger partial charge in [-0.3, -0.25) is 0 Å². The van der Waals surface area contributed by atoms with Crippen LogP contribution < -0.4 is 14.5 Å². The molecule has 0 unspecified atom stereocenters. The number of methoxy groups -OCH3 is 1. The van der Waals surface area contributed by atoms with Crippen molar-refractivity contribution in [3.8, 4) is 11.4 Å². The van der Waals surface area contributed by atoms with Gasteiger partial charge in [0.1, 0.15) is 17.9 Å². The van der Waals surface area contributed by atoms with E-state index in [4.69, 9.17) is 16.3 Å². The quantitative estimate of drug-likeness (QED) is 0.481. The third-order valence-corrected chi connectivity index (χ3v) is 6.00. The molecule has 0 bridgehead atoms. The van der Waals surface area contributed by atoms with E-state index in [1.54, 1.807) is 13.4 Å². The second-order valence-electron chi connectivity index (χ2n) is 7.59. The molecule has 0 amide bonds. The Bertz CT molecular complexity index is 1210. The zero-order valence-corrected chi connectivity index (χ0v) is 18.3. The molecule has 0 N–H and O–H groups in total. The van der Waals surface area contributed by atoms with Gasteiger partial charge in [-0.25, -0.2) is 14.6 Å². The molecular weight excluding hydrogens is 412 g/mol. The van der Waals surface area contributed by atoms with Crippen LogP contribution in [0.3, 0.4) is 0 Å². The third kappa shape index (κ3) is 3.65. The molecule has 7 nitrogen and oxygen atoms in total. The van der Waals surface area contributed by atoms with E-state index in [0.29, 0.717) is 5.02 Å². The number of benzene rings is 2. The predicted molar refractivity (Wildman–Crippen MR) is 124 cm³/mol. The summed E-state index contributed by atoms with van der Waals surface area (Å²) < 4.78 is 7.11. The lowest BCUT2D eigenvalue weighted by atomic mass is 10.2. The van der Waals surface area contributed by atoms with Gasteiger partial charge in [-0.2, -0.15) is 5.10 Å². The molecule has 158 valence electrons. The molecule has 2 aromatic carbocycles. The smallest absolute Gasteiger partial charge is 0.168 e. The van der Waals surface area contributed by atoms with Gasteiger partial charge in [0, 0.05) is 36.9 Å². The van der Waals surface area contributed by atoms with Gasteiger partial charge in [-0.1, -0.05) is 17.7 Å². The number of halogens is 1. The molecule has 1 fully saturated rings. The van der Waals surface area contributed by atoms with Crippen molar-refractivity contribution >= 4 is 34.1 Å². The van der Waals surface area contributed by atoms with Crippen LogP contribution in [0.15, 0.2) is 55.0 Å². The van der Waals surface area contributed by atoms with Crippen molar-refractivity contribution < 1.29 is 4.74 Å². The number of piperazine rings is 1. The zero-order valence-electron chi connectivity index (χ0n) is 17.5. The molecule has 0 radical (unpaired) electrons. The highest BCUT2D eigenvalue weighted by Crippen LogP contribution is 2.28. The lowest BCUT2D eigenvalue weighted by Gasteiger charge is -2.36. The van der Waals surface area contributed by atoms with Crippen LogP contribution in [0.1, 0.15) is 5.56 Å². The molecule has 4 aromatic rings. The number of anilines is 2. The van der Waals surface area contributed by atoms with Gasteiger partial charge >= 0.3 is 0 Å². The Morgan fingerprint density at radius 3 is 2.42 bits per heavy atom. The largest absolute Gasteiger partial charge is 0.497 e. The molecule has 3 heterocycles. The van der Waals surface area contributed by atoms with E-state index >= 15 is 0 Å². The lowest BCUT2D eigenvalue weighted by Crippen LogP contribution is -2.46. The molecule has 5 rings (SSSR count). The zero-order chi connectivity index (χ0) is 21.4. The van der Waals surface area contributed by atoms with Crippen LogP contribution in [0.4, 0.5) is 11.5 Å². The molecule has 1 saturated heterocycles. The Morgan fingerprint density at radius 2 is 1.68 bits per heavy atom. The molecule has 31 heavy (non-hydrogen) atoms. The average Bonchev–Trinajstić information content (AvgIpc) is 3.25. The molecule has 8 heteroatoms. The fourth-order valence-electron chi connectivity index (χ4n) is 4.04. The maximum Gasteiger partial charge on any atom is 0.168 e. The van der Waals surface area contributed by atoms with Crippen molar-refractivity contribution in [1.29, 1.82) is 0 Å². The highest BCUT2D eigenvalue weighted by molar-refractivity contribution is 6.30. The van der Waals surface area contributed by atoms with Gasteiger partial charge in [0.15, 0.2) is 5.65 Å². The first-order valence-corrected chi connectivity index (χ1v) is 10.6. The second-order valence-corrected chi connectivity index (χ2v) is 8.03. The lowest BCUT2D eigenvalue weighted by molar-refractivity contribution is 0.415. The normalized spacial score (nSPS) is 14.3. The van der Waals surface area contributed by atoms with Crippen molar-refractivity contribution in [3.05, 3.63) is 65.6 Å². The van der Waals surface area contributed by atoms with Crippen molar-refractivity contribution in [2.24, 2.45) is 0 Å². The molecule has 0 saturated carbocycles. The van der Waals surface area contributed by atoms with Gasteiger partial charge in [-0.15, -0.1) is 0 Å². The van der Waals surface area contributed by atoms with Crippen LogP contribution in [-0.4, -0.2) is 53.0 Å². The van der Waals surface area contributed by atoms with Gasteiger partial charge in [0.05, 0.1) is 24.4 Å². The van der Waals surface area contributed by atoms with Gasteiger partial charge in [0.25, 0.3) is 0 Å². The Morgan fingerprint density at radius 1 is 0.935 bits per heavy atom. The first-order valence-electron chi connectivity index (χ1n) is 10.2. The maximum atomic E-state index is 6.23. The van der Waals surface area contributed by atoms with Gasteiger partial charge in [0.2, 0.25) is 0 Å². The number of ether oxygens (including phenoxy) is 1. The minimum absolute atomic E-state index is 0.674. The van der Waals surface area contributed by atoms with Crippen LogP contribution in [0.2, 0.25) is 5.02 Å². The van der Waals surface area contributed by atoms with Crippen LogP contribution >= 0.6 is 11.6 Å². The summed E-state index contributed by atoms with van der Waals surface area (Å²) in [7, 11) is 1.69. The summed E-state index contributed by atoms with van der Waals surface area (Å²) in [6, 6.07) is 14.0. The number of hydrogen-bond acceptors (Lipinski definition) is 6. The van der Waals surface area contributed by atoms with Gasteiger partial charge in [-0.05, 0) is 48.9 Å². The first-order chi connectivity index (χ1) is 15.1. The van der Waals surface area contributed by atoms with Crippen LogP contribution in [-0.2, 0) is 0 Å². The Balaban J connectivity index is 1.40. The molecule has 0 spiro atoms. The minimum atomic E-state index is 0.674. The summed E-state index contributed by atoms with van der Waals surface area (Å²) in [5.74, 6) is 1.79. The van der Waals surface area contributed by atoms with E-state index in [9.17, 15) is 0 Å². The summed E-state index contributed by atoms with van der Waals surface area (Å²) in [6.07, 6.45) is 3.46. The summed E-state index contributed by atoms with van der Waals surface area (Å²) in [6.45, 7) is 5.62. The third-order valence-electron chi connectivity index (χ3n) is 5.76. The number of aromatic nitrogens is 4. The maximum absolute atomic E-state index is 6.23. The Labute approximate surface area is 185 Å². The summed E-state index contributed by atoms with van der Waals surface area (Å²) >= 11 is 6.23. The highest BCUT2D eigenvalue weighted by atomic mass is 35.5. The number of aryl methyl sites for hydroxylation is 1. The number of hydrogen-bond donors (Lipinski definition) is 0. The molecule has 1 aliphatic rings. The summed E-state index contributed by atoms with van der Waals surface area (Å²) in [5.41, 5.74) is 4.00. The first kappa shape index (κ1) is 19.6. The van der Waals surface area contributed by atoms with Crippen molar-refractivity contribution in [2.45, 2.75) is 6.92 Å². The predicted octanol–water partition coefficient (Wildman–Crippen LogP) is 4.11. The average molecular weight is 435 g/mol. The van der Waals surface area contributed by atoms with E-state index in [1.807, 2.05) is 48.1 Å². The SMILES string of the molecule is COc1ccc(N2CCN(c3ncnc4c3cnn4-c3cc(Cl)ccc3C)CC2)cc1. The minimum Gasteiger partial charge on any atom is -0.497 e. The molecule has 0 atom stereocenters. The van der Waals surface area contributed by atoms with Crippen molar-refractivity contribution in [2.75, 3.05) is 43.1 Å². The van der Waals surface area contributed by atoms with Crippen LogP contribution in [0.5, 0.6) is 5.75 Å². The standard InChI is InChI=1S/C23H23ClN6O/c1-16-3-4-17(24)13-21(16)30-23-20(14-27-30)22(25-15-26-23)29-11-9-28(10-12-29)18-5-7-19(31-2)8-6-18/h3-8,13-15H,9-12H2,1-2H3. The van der Waals surface area contributed by atoms with E-state index in [0.717, 1.165) is 60.0 Å². The van der Waals surface area contributed by atoms with Crippen molar-refractivity contribution in [3.63, 3.8) is 0 Å². The highest BCUT2D eigenvalue weighted by Gasteiger charge is 2.22. The molecule has 0 aliphatic carbocycles. The van der Waals surface area contributed by atoms with Crippen LogP contribution in [0.25, 0.3) is 16.7 Å². The number of rotatable bonds is 4.